The fraction of sp³-hybridized carbons (Fsp3) is 0.556. The van der Waals surface area contributed by atoms with Crippen LogP contribution in [0.5, 0.6) is 0 Å². The summed E-state index contributed by atoms with van der Waals surface area (Å²) in [6.45, 7) is 8.28. The lowest BCUT2D eigenvalue weighted by Gasteiger charge is -2.09. The first-order chi connectivity index (χ1) is 5.57. The molecule has 12 heavy (non-hydrogen) atoms. The van der Waals surface area contributed by atoms with Crippen LogP contribution in [0.1, 0.15) is 24.0 Å². The molecule has 3 nitrogen and oxygen atoms in total. The van der Waals surface area contributed by atoms with Crippen molar-refractivity contribution < 1.29 is 0 Å². The second kappa shape index (κ2) is 3.09. The zero-order chi connectivity index (χ0) is 9.30. The van der Waals surface area contributed by atoms with Gasteiger partial charge in [-0.2, -0.15) is 0 Å². The molecule has 0 aliphatic heterocycles. The van der Waals surface area contributed by atoms with E-state index in [1.54, 1.807) is 11.5 Å². The quantitative estimate of drug-likeness (QED) is 0.628. The third kappa shape index (κ3) is 1.26. The third-order valence-corrected chi connectivity index (χ3v) is 2.13. The Kier molecular flexibility index (Phi) is 2.31. The van der Waals surface area contributed by atoms with E-state index in [1.165, 1.54) is 0 Å². The summed E-state index contributed by atoms with van der Waals surface area (Å²) < 4.78 is 1.75. The topological polar surface area (TPSA) is 34.9 Å². The van der Waals surface area contributed by atoms with E-state index in [9.17, 15) is 4.79 Å². The van der Waals surface area contributed by atoms with Crippen LogP contribution >= 0.6 is 0 Å². The monoisotopic (exact) mass is 166 g/mol. The molecule has 0 aromatic carbocycles. The summed E-state index contributed by atoms with van der Waals surface area (Å²) in [7, 11) is 0. The van der Waals surface area contributed by atoms with Gasteiger partial charge in [0.2, 0.25) is 0 Å². The maximum atomic E-state index is 11.5. The highest BCUT2D eigenvalue weighted by atomic mass is 16.1. The molecule has 1 heterocycles. The van der Waals surface area contributed by atoms with Crippen molar-refractivity contribution in [1.29, 1.82) is 0 Å². The molecular weight excluding hydrogens is 152 g/mol. The van der Waals surface area contributed by atoms with Crippen molar-refractivity contribution in [1.82, 2.24) is 9.55 Å². The average molecular weight is 166 g/mol. The van der Waals surface area contributed by atoms with Gasteiger partial charge >= 0.3 is 0 Å². The van der Waals surface area contributed by atoms with Crippen LogP contribution in [0.3, 0.4) is 0 Å². The summed E-state index contributed by atoms with van der Waals surface area (Å²) in [5.74, 6) is 0. The summed E-state index contributed by atoms with van der Waals surface area (Å²) in [5.41, 5.74) is 2.52. The van der Waals surface area contributed by atoms with Gasteiger partial charge in [-0.05, 0) is 27.7 Å². The Labute approximate surface area is 72.1 Å². The molecule has 0 unspecified atom stereocenters. The van der Waals surface area contributed by atoms with Crippen LogP contribution in [0.15, 0.2) is 4.79 Å². The average Bonchev–Trinajstić information content (AvgIpc) is 2.02. The largest absolute Gasteiger partial charge is 0.310 e. The van der Waals surface area contributed by atoms with Crippen molar-refractivity contribution in [2.75, 3.05) is 0 Å². The summed E-state index contributed by atoms with van der Waals surface area (Å²) in [5, 5.41) is 0. The Morgan fingerprint density at radius 1 is 1.25 bits per heavy atom. The van der Waals surface area contributed by atoms with Gasteiger partial charge in [0.15, 0.2) is 0 Å². The molecule has 0 amide bonds. The molecule has 0 saturated carbocycles. The Balaban J connectivity index is 3.53. The van der Waals surface area contributed by atoms with E-state index in [4.69, 9.17) is 0 Å². The van der Waals surface area contributed by atoms with E-state index in [0.717, 1.165) is 17.9 Å². The van der Waals surface area contributed by atoms with E-state index < -0.39 is 0 Å². The van der Waals surface area contributed by atoms with Crippen LogP contribution < -0.4 is 5.56 Å². The molecule has 0 aliphatic carbocycles. The highest BCUT2D eigenvalue weighted by Gasteiger charge is 2.05. The van der Waals surface area contributed by atoms with Gasteiger partial charge in [-0.3, -0.25) is 9.78 Å². The lowest BCUT2D eigenvalue weighted by molar-refractivity contribution is 0.673. The zero-order valence-electron chi connectivity index (χ0n) is 8.01. The fourth-order valence-corrected chi connectivity index (χ4v) is 1.30. The van der Waals surface area contributed by atoms with E-state index in [2.05, 4.69) is 4.98 Å². The standard InChI is InChI=1S/C9H14N2O/c1-5-11-8(4)6(2)10-7(3)9(11)12/h5H2,1-4H3. The van der Waals surface area contributed by atoms with Crippen LogP contribution in [0.25, 0.3) is 0 Å². The van der Waals surface area contributed by atoms with Gasteiger partial charge in [-0.1, -0.05) is 0 Å². The molecule has 3 heteroatoms. The molecule has 1 aromatic heterocycles. The zero-order valence-corrected chi connectivity index (χ0v) is 8.01. The minimum absolute atomic E-state index is 0.0283. The molecule has 66 valence electrons. The van der Waals surface area contributed by atoms with Gasteiger partial charge in [-0.15, -0.1) is 0 Å². The summed E-state index contributed by atoms with van der Waals surface area (Å²) in [6, 6.07) is 0. The predicted octanol–water partition coefficient (Wildman–Crippen LogP) is 1.19. The van der Waals surface area contributed by atoms with Crippen molar-refractivity contribution in [3.05, 3.63) is 27.4 Å². The molecule has 0 bridgehead atoms. The molecule has 0 atom stereocenters. The van der Waals surface area contributed by atoms with E-state index in [0.29, 0.717) is 5.69 Å². The van der Waals surface area contributed by atoms with Crippen molar-refractivity contribution in [3.63, 3.8) is 0 Å². The Morgan fingerprint density at radius 2 is 1.83 bits per heavy atom. The second-order valence-corrected chi connectivity index (χ2v) is 2.92. The van der Waals surface area contributed by atoms with Crippen LogP contribution in [-0.2, 0) is 6.54 Å². The van der Waals surface area contributed by atoms with Gasteiger partial charge in [0.25, 0.3) is 5.56 Å². The molecule has 1 aromatic rings. The lowest BCUT2D eigenvalue weighted by Crippen LogP contribution is -2.26. The minimum Gasteiger partial charge on any atom is -0.310 e. The van der Waals surface area contributed by atoms with Gasteiger partial charge in [0, 0.05) is 12.2 Å². The highest BCUT2D eigenvalue weighted by molar-refractivity contribution is 5.12. The van der Waals surface area contributed by atoms with E-state index >= 15 is 0 Å². The molecule has 1 rings (SSSR count). The first-order valence-electron chi connectivity index (χ1n) is 4.12. The van der Waals surface area contributed by atoms with Crippen molar-refractivity contribution >= 4 is 0 Å². The number of rotatable bonds is 1. The van der Waals surface area contributed by atoms with Crippen LogP contribution in [0, 0.1) is 20.8 Å². The van der Waals surface area contributed by atoms with Crippen molar-refractivity contribution in [3.8, 4) is 0 Å². The Hall–Kier alpha value is -1.12. The fourth-order valence-electron chi connectivity index (χ4n) is 1.30. The lowest BCUT2D eigenvalue weighted by atomic mass is 10.3. The maximum Gasteiger partial charge on any atom is 0.272 e. The molecule has 0 radical (unpaired) electrons. The third-order valence-electron chi connectivity index (χ3n) is 2.13. The van der Waals surface area contributed by atoms with Gasteiger partial charge in [0.05, 0.1) is 5.69 Å². The second-order valence-electron chi connectivity index (χ2n) is 2.92. The van der Waals surface area contributed by atoms with E-state index in [1.807, 2.05) is 20.8 Å². The van der Waals surface area contributed by atoms with Crippen LogP contribution in [-0.4, -0.2) is 9.55 Å². The number of hydrogen-bond acceptors (Lipinski definition) is 2. The molecule has 0 spiro atoms. The number of hydrogen-bond donors (Lipinski definition) is 0. The highest BCUT2D eigenvalue weighted by Crippen LogP contribution is 2.00. The Morgan fingerprint density at radius 3 is 2.33 bits per heavy atom. The molecule has 0 aliphatic rings. The molecule has 0 saturated heterocycles. The summed E-state index contributed by atoms with van der Waals surface area (Å²) in [6.07, 6.45) is 0. The smallest absolute Gasteiger partial charge is 0.272 e. The normalized spacial score (nSPS) is 10.3. The van der Waals surface area contributed by atoms with Crippen molar-refractivity contribution in [2.24, 2.45) is 0 Å². The molecule has 0 fully saturated rings. The predicted molar refractivity (Wildman–Crippen MR) is 48.4 cm³/mol. The molecular formula is C9H14N2O. The number of nitrogens with zero attached hydrogens (tertiary/aromatic N) is 2. The Bertz CT molecular complexity index is 352. The molecule has 0 N–H and O–H groups in total. The maximum absolute atomic E-state index is 11.5. The van der Waals surface area contributed by atoms with Crippen molar-refractivity contribution in [2.45, 2.75) is 34.2 Å². The first kappa shape index (κ1) is 8.97. The van der Waals surface area contributed by atoms with Crippen LogP contribution in [0.4, 0.5) is 0 Å². The first-order valence-corrected chi connectivity index (χ1v) is 4.12. The van der Waals surface area contributed by atoms with Gasteiger partial charge < -0.3 is 4.57 Å². The van der Waals surface area contributed by atoms with E-state index in [-0.39, 0.29) is 5.56 Å². The SMILES string of the molecule is CCn1c(C)c(C)nc(C)c1=O. The van der Waals surface area contributed by atoms with Crippen LogP contribution in [0.2, 0.25) is 0 Å². The summed E-state index contributed by atoms with van der Waals surface area (Å²) in [4.78, 5) is 15.6. The van der Waals surface area contributed by atoms with Gasteiger partial charge in [-0.25, -0.2) is 0 Å². The minimum atomic E-state index is 0.0283. The van der Waals surface area contributed by atoms with Gasteiger partial charge in [0.1, 0.15) is 5.69 Å². The number of aromatic nitrogens is 2. The number of aryl methyl sites for hydroxylation is 2. The summed E-state index contributed by atoms with van der Waals surface area (Å²) >= 11 is 0.